The Kier molecular flexibility index (Phi) is 4.87. The Morgan fingerprint density at radius 2 is 1.90 bits per heavy atom. The summed E-state index contributed by atoms with van der Waals surface area (Å²) in [4.78, 5) is 0. The summed E-state index contributed by atoms with van der Waals surface area (Å²) in [6.07, 6.45) is -0.471. The molecule has 0 aliphatic rings. The van der Waals surface area contributed by atoms with Crippen molar-refractivity contribution in [3.8, 4) is 11.3 Å². The van der Waals surface area contributed by atoms with Gasteiger partial charge in [-0.1, -0.05) is 12.1 Å². The molecule has 0 unspecified atom stereocenters. The van der Waals surface area contributed by atoms with Crippen molar-refractivity contribution in [1.29, 1.82) is 0 Å². The molecule has 1 heterocycles. The summed E-state index contributed by atoms with van der Waals surface area (Å²) in [5.74, 6) is -0.238. The molecule has 5 heteroatoms. The maximum atomic E-state index is 13.6. The van der Waals surface area contributed by atoms with E-state index < -0.39 is 6.29 Å². The number of hydrogen-bond donors (Lipinski definition) is 1. The second-order valence-electron chi connectivity index (χ2n) is 4.42. The van der Waals surface area contributed by atoms with Crippen LogP contribution >= 0.6 is 0 Å². The first-order valence-corrected chi connectivity index (χ1v) is 6.70. The number of aryl methyl sites for hydroxylation is 1. The number of hydrogen-bond acceptors (Lipinski definition) is 3. The molecule has 1 aromatic heterocycles. The Balaban J connectivity index is 2.24. The van der Waals surface area contributed by atoms with Crippen molar-refractivity contribution in [3.05, 3.63) is 41.3 Å². The molecule has 0 aliphatic heterocycles. The minimum atomic E-state index is -0.471. The first kappa shape index (κ1) is 14.7. The number of aromatic amines is 1. The molecular formula is C15H19FN2O2. The van der Waals surface area contributed by atoms with E-state index >= 15 is 0 Å². The van der Waals surface area contributed by atoms with Gasteiger partial charge < -0.3 is 9.47 Å². The molecule has 1 aromatic carbocycles. The highest BCUT2D eigenvalue weighted by Crippen LogP contribution is 2.24. The first-order valence-electron chi connectivity index (χ1n) is 6.70. The lowest BCUT2D eigenvalue weighted by molar-refractivity contribution is -0.142. The van der Waals surface area contributed by atoms with Crippen molar-refractivity contribution in [1.82, 2.24) is 10.2 Å². The maximum Gasteiger partial charge on any atom is 0.200 e. The van der Waals surface area contributed by atoms with Crippen LogP contribution in [0.25, 0.3) is 11.3 Å². The number of nitrogens with zero attached hydrogens (tertiary/aromatic N) is 1. The van der Waals surface area contributed by atoms with Crippen molar-refractivity contribution < 1.29 is 13.9 Å². The van der Waals surface area contributed by atoms with Gasteiger partial charge in [-0.2, -0.15) is 5.10 Å². The SMILES string of the molecule is CCOC(OCC)c1cc(-c2ccc(C)c(F)c2)n[nH]1. The second kappa shape index (κ2) is 6.63. The summed E-state index contributed by atoms with van der Waals surface area (Å²) in [7, 11) is 0. The fraction of sp³-hybridized carbons (Fsp3) is 0.400. The Morgan fingerprint density at radius 1 is 1.20 bits per heavy atom. The zero-order chi connectivity index (χ0) is 14.5. The monoisotopic (exact) mass is 278 g/mol. The van der Waals surface area contributed by atoms with Crippen molar-refractivity contribution in [2.24, 2.45) is 0 Å². The number of ether oxygens (including phenoxy) is 2. The lowest BCUT2D eigenvalue weighted by Crippen LogP contribution is -2.09. The average Bonchev–Trinajstić information content (AvgIpc) is 2.91. The number of nitrogens with one attached hydrogen (secondary N) is 1. The van der Waals surface area contributed by atoms with Gasteiger partial charge in [0.2, 0.25) is 0 Å². The van der Waals surface area contributed by atoms with Gasteiger partial charge in [0.1, 0.15) is 5.82 Å². The zero-order valence-electron chi connectivity index (χ0n) is 11.9. The van der Waals surface area contributed by atoms with Crippen LogP contribution in [0.3, 0.4) is 0 Å². The molecule has 0 amide bonds. The lowest BCUT2D eigenvalue weighted by atomic mass is 10.1. The molecule has 0 spiro atoms. The summed E-state index contributed by atoms with van der Waals surface area (Å²) < 4.78 is 24.6. The average molecular weight is 278 g/mol. The quantitative estimate of drug-likeness (QED) is 0.821. The molecule has 108 valence electrons. The van der Waals surface area contributed by atoms with E-state index in [1.165, 1.54) is 6.07 Å². The van der Waals surface area contributed by atoms with E-state index in [2.05, 4.69) is 10.2 Å². The van der Waals surface area contributed by atoms with E-state index in [9.17, 15) is 4.39 Å². The number of H-pyrrole nitrogens is 1. The summed E-state index contributed by atoms with van der Waals surface area (Å²) in [5, 5.41) is 7.08. The lowest BCUT2D eigenvalue weighted by Gasteiger charge is -2.14. The van der Waals surface area contributed by atoms with Gasteiger partial charge in [-0.05, 0) is 38.5 Å². The molecule has 0 aliphatic carbocycles. The van der Waals surface area contributed by atoms with Gasteiger partial charge in [0.05, 0.1) is 11.4 Å². The van der Waals surface area contributed by atoms with Gasteiger partial charge in [-0.15, -0.1) is 0 Å². The molecule has 0 saturated carbocycles. The van der Waals surface area contributed by atoms with Gasteiger partial charge in [0, 0.05) is 18.8 Å². The van der Waals surface area contributed by atoms with Crippen LogP contribution in [-0.2, 0) is 9.47 Å². The van der Waals surface area contributed by atoms with Crippen molar-refractivity contribution in [3.63, 3.8) is 0 Å². The van der Waals surface area contributed by atoms with E-state index in [1.54, 1.807) is 13.0 Å². The third-order valence-corrected chi connectivity index (χ3v) is 2.96. The van der Waals surface area contributed by atoms with Crippen molar-refractivity contribution in [2.75, 3.05) is 13.2 Å². The molecule has 0 radical (unpaired) electrons. The number of aromatic nitrogens is 2. The molecule has 2 rings (SSSR count). The highest BCUT2D eigenvalue weighted by atomic mass is 19.1. The molecule has 4 nitrogen and oxygen atoms in total. The molecule has 0 fully saturated rings. The van der Waals surface area contributed by atoms with Crippen molar-refractivity contribution >= 4 is 0 Å². The fourth-order valence-electron chi connectivity index (χ4n) is 1.89. The summed E-state index contributed by atoms with van der Waals surface area (Å²) in [5.41, 5.74) is 2.74. The van der Waals surface area contributed by atoms with Crippen LogP contribution in [-0.4, -0.2) is 23.4 Å². The van der Waals surface area contributed by atoms with E-state index in [4.69, 9.17) is 9.47 Å². The topological polar surface area (TPSA) is 47.1 Å². The van der Waals surface area contributed by atoms with Crippen LogP contribution in [0.4, 0.5) is 4.39 Å². The smallest absolute Gasteiger partial charge is 0.200 e. The van der Waals surface area contributed by atoms with Gasteiger partial charge in [0.15, 0.2) is 6.29 Å². The van der Waals surface area contributed by atoms with E-state index in [0.717, 1.165) is 11.3 Å². The van der Waals surface area contributed by atoms with Crippen LogP contribution in [0.1, 0.15) is 31.4 Å². The Hall–Kier alpha value is -1.72. The highest BCUT2D eigenvalue weighted by molar-refractivity contribution is 5.59. The van der Waals surface area contributed by atoms with E-state index in [0.29, 0.717) is 24.5 Å². The molecule has 0 atom stereocenters. The second-order valence-corrected chi connectivity index (χ2v) is 4.42. The predicted octanol–water partition coefficient (Wildman–Crippen LogP) is 3.60. The van der Waals surface area contributed by atoms with Crippen LogP contribution < -0.4 is 0 Å². The summed E-state index contributed by atoms with van der Waals surface area (Å²) in [6, 6.07) is 6.88. The molecule has 2 aromatic rings. The first-order chi connectivity index (χ1) is 9.65. The largest absolute Gasteiger partial charge is 0.347 e. The number of halogens is 1. The predicted molar refractivity (Wildman–Crippen MR) is 74.7 cm³/mol. The van der Waals surface area contributed by atoms with Crippen LogP contribution in [0.2, 0.25) is 0 Å². The van der Waals surface area contributed by atoms with Gasteiger partial charge in [0.25, 0.3) is 0 Å². The van der Waals surface area contributed by atoms with Crippen LogP contribution in [0.5, 0.6) is 0 Å². The van der Waals surface area contributed by atoms with E-state index in [-0.39, 0.29) is 5.82 Å². The van der Waals surface area contributed by atoms with Crippen LogP contribution in [0, 0.1) is 12.7 Å². The minimum Gasteiger partial charge on any atom is -0.347 e. The molecule has 20 heavy (non-hydrogen) atoms. The standard InChI is InChI=1S/C15H19FN2O2/c1-4-19-15(20-5-2)14-9-13(17-18-14)11-7-6-10(3)12(16)8-11/h6-9,15H,4-5H2,1-3H3,(H,17,18). The molecule has 0 saturated heterocycles. The van der Waals surface area contributed by atoms with Crippen molar-refractivity contribution in [2.45, 2.75) is 27.1 Å². The molecule has 0 bridgehead atoms. The summed E-state index contributed by atoms with van der Waals surface area (Å²) >= 11 is 0. The van der Waals surface area contributed by atoms with Gasteiger partial charge >= 0.3 is 0 Å². The van der Waals surface area contributed by atoms with Crippen LogP contribution in [0.15, 0.2) is 24.3 Å². The third-order valence-electron chi connectivity index (χ3n) is 2.96. The Morgan fingerprint density at radius 3 is 2.50 bits per heavy atom. The van der Waals surface area contributed by atoms with Gasteiger partial charge in [-0.3, -0.25) is 5.10 Å². The normalized spacial score (nSPS) is 11.2. The summed E-state index contributed by atoms with van der Waals surface area (Å²) in [6.45, 7) is 6.61. The van der Waals surface area contributed by atoms with E-state index in [1.807, 2.05) is 26.0 Å². The van der Waals surface area contributed by atoms with Gasteiger partial charge in [-0.25, -0.2) is 4.39 Å². The fourth-order valence-corrected chi connectivity index (χ4v) is 1.89. The Labute approximate surface area is 117 Å². The molecular weight excluding hydrogens is 259 g/mol. The third kappa shape index (κ3) is 3.23. The Bertz CT molecular complexity index is 563. The maximum absolute atomic E-state index is 13.6. The number of benzene rings is 1. The molecule has 1 N–H and O–H groups in total. The zero-order valence-corrected chi connectivity index (χ0v) is 11.9. The highest BCUT2D eigenvalue weighted by Gasteiger charge is 2.15. The number of rotatable bonds is 6. The minimum absolute atomic E-state index is 0.238.